The molecule has 5 heteroatoms. The van der Waals surface area contributed by atoms with Gasteiger partial charge in [0.25, 0.3) is 0 Å². The lowest BCUT2D eigenvalue weighted by Crippen LogP contribution is -2.13. The van der Waals surface area contributed by atoms with Gasteiger partial charge >= 0.3 is 5.69 Å². The van der Waals surface area contributed by atoms with Gasteiger partial charge in [0, 0.05) is 17.8 Å². The summed E-state index contributed by atoms with van der Waals surface area (Å²) in [5.41, 5.74) is 3.90. The predicted octanol–water partition coefficient (Wildman–Crippen LogP) is 0.724. The molecule has 3 rings (SSSR count). The fourth-order valence-electron chi connectivity index (χ4n) is 1.79. The number of rotatable bonds is 1. The molecule has 1 unspecified atom stereocenters. The normalized spacial score (nSPS) is 20.7. The van der Waals surface area contributed by atoms with Crippen molar-refractivity contribution >= 4 is 27.2 Å². The average molecular weight is 221 g/mol. The number of hydrogen-bond donors (Lipinski definition) is 2. The van der Waals surface area contributed by atoms with Gasteiger partial charge in [0.15, 0.2) is 0 Å². The van der Waals surface area contributed by atoms with Gasteiger partial charge in [-0.15, -0.1) is 0 Å². The van der Waals surface area contributed by atoms with Crippen LogP contribution in [0.25, 0.3) is 11.0 Å². The van der Waals surface area contributed by atoms with Crippen LogP contribution in [-0.2, 0) is 0 Å². The molecule has 1 atom stereocenters. The van der Waals surface area contributed by atoms with E-state index in [0.29, 0.717) is 0 Å². The van der Waals surface area contributed by atoms with Crippen LogP contribution in [0.3, 0.4) is 0 Å². The van der Waals surface area contributed by atoms with E-state index < -0.39 is 0 Å². The van der Waals surface area contributed by atoms with Crippen molar-refractivity contribution < 1.29 is 0 Å². The van der Waals surface area contributed by atoms with Gasteiger partial charge in [0.1, 0.15) is 0 Å². The van der Waals surface area contributed by atoms with E-state index in [1.54, 1.807) is 0 Å². The fourth-order valence-corrected chi connectivity index (χ4v) is 3.50. The maximum atomic E-state index is 11.8. The number of aromatic amines is 1. The number of aromatic nitrogens is 2. The van der Waals surface area contributed by atoms with Crippen LogP contribution in [0.2, 0.25) is 0 Å². The zero-order valence-electron chi connectivity index (χ0n) is 8.06. The highest BCUT2D eigenvalue weighted by Crippen LogP contribution is 2.21. The van der Waals surface area contributed by atoms with Crippen molar-refractivity contribution in [1.82, 2.24) is 14.3 Å². The minimum atomic E-state index is -0.109. The summed E-state index contributed by atoms with van der Waals surface area (Å²) < 4.78 is 1.84. The molecule has 0 radical (unpaired) electrons. The van der Waals surface area contributed by atoms with Crippen LogP contribution in [-0.4, -0.2) is 26.7 Å². The van der Waals surface area contributed by atoms with Crippen LogP contribution < -0.4 is 11.0 Å². The molecule has 0 saturated heterocycles. The number of fused-ring (bicyclic) bond motifs is 1. The maximum absolute atomic E-state index is 11.8. The molecule has 0 saturated carbocycles. The van der Waals surface area contributed by atoms with Crippen LogP contribution in [0.4, 0.5) is 0 Å². The summed E-state index contributed by atoms with van der Waals surface area (Å²) in [5.74, 6) is 1.00. The van der Waals surface area contributed by atoms with Crippen molar-refractivity contribution in [2.45, 2.75) is 0 Å². The second-order valence-electron chi connectivity index (χ2n) is 3.42. The fraction of sp³-hybridized carbons (Fsp3) is 0.200. The lowest BCUT2D eigenvalue weighted by Gasteiger charge is -2.03. The van der Waals surface area contributed by atoms with E-state index in [1.165, 1.54) is 0 Å². The van der Waals surface area contributed by atoms with Gasteiger partial charge in [-0.25, -0.2) is 8.77 Å². The third-order valence-corrected chi connectivity index (χ3v) is 4.35. The summed E-state index contributed by atoms with van der Waals surface area (Å²) in [7, 11) is -0.109. The van der Waals surface area contributed by atoms with E-state index in [1.807, 2.05) is 33.7 Å². The molecule has 1 aliphatic rings. The van der Waals surface area contributed by atoms with E-state index in [-0.39, 0.29) is 16.4 Å². The maximum Gasteiger partial charge on any atom is 0.336 e. The zero-order valence-corrected chi connectivity index (χ0v) is 8.88. The highest BCUT2D eigenvalue weighted by molar-refractivity contribution is 8.14. The second kappa shape index (κ2) is 3.36. The number of nitrogens with one attached hydrogen (secondary N) is 2. The molecular formula is C10H11N3OS. The Labute approximate surface area is 89.0 Å². The zero-order chi connectivity index (χ0) is 10.3. The number of para-hydroxylation sites is 2. The van der Waals surface area contributed by atoms with Crippen LogP contribution in [0.5, 0.6) is 0 Å². The Bertz CT molecular complexity index is 596. The van der Waals surface area contributed by atoms with Gasteiger partial charge in [-0.2, -0.15) is 0 Å². The van der Waals surface area contributed by atoms with Crippen LogP contribution in [0.15, 0.2) is 29.1 Å². The Morgan fingerprint density at radius 3 is 3.00 bits per heavy atom. The number of imidazole rings is 1. The molecule has 15 heavy (non-hydrogen) atoms. The molecule has 0 fully saturated rings. The molecule has 1 aromatic heterocycles. The molecule has 78 valence electrons. The topological polar surface area (TPSA) is 49.8 Å². The highest BCUT2D eigenvalue weighted by atomic mass is 32.2. The number of benzene rings is 1. The molecule has 0 amide bonds. The van der Waals surface area contributed by atoms with Crippen molar-refractivity contribution in [3.63, 3.8) is 0 Å². The molecular weight excluding hydrogens is 210 g/mol. The minimum Gasteiger partial charge on any atom is -0.305 e. The first kappa shape index (κ1) is 8.94. The molecule has 0 bridgehead atoms. The Kier molecular flexibility index (Phi) is 2.00. The van der Waals surface area contributed by atoms with Crippen molar-refractivity contribution in [2.24, 2.45) is 0 Å². The summed E-state index contributed by atoms with van der Waals surface area (Å²) in [6.45, 7) is 0.953. The summed E-state index contributed by atoms with van der Waals surface area (Å²) in [6.07, 6.45) is 0. The van der Waals surface area contributed by atoms with E-state index in [4.69, 9.17) is 0 Å². The van der Waals surface area contributed by atoms with Gasteiger partial charge in [0.05, 0.1) is 11.0 Å². The van der Waals surface area contributed by atoms with Crippen LogP contribution >= 0.6 is 10.7 Å². The lowest BCUT2D eigenvalue weighted by atomic mass is 10.3. The monoisotopic (exact) mass is 221 g/mol. The summed E-state index contributed by atoms with van der Waals surface area (Å²) in [4.78, 5) is 14.7. The van der Waals surface area contributed by atoms with Gasteiger partial charge in [-0.05, 0) is 12.1 Å². The molecule has 0 spiro atoms. The first-order valence-corrected chi connectivity index (χ1v) is 6.24. The number of nitrogens with zero attached hydrogens (tertiary/aromatic N) is 1. The SMILES string of the molecule is O=c1[nH]c2ccccc2n1S1=CNCC1. The van der Waals surface area contributed by atoms with Gasteiger partial charge in [-0.3, -0.25) is 5.32 Å². The van der Waals surface area contributed by atoms with E-state index in [9.17, 15) is 4.79 Å². The minimum absolute atomic E-state index is 0.0144. The van der Waals surface area contributed by atoms with Crippen molar-refractivity contribution in [2.75, 3.05) is 12.3 Å². The van der Waals surface area contributed by atoms with Gasteiger partial charge in [-0.1, -0.05) is 22.8 Å². The van der Waals surface area contributed by atoms with E-state index in [0.717, 1.165) is 23.3 Å². The predicted molar refractivity (Wildman–Crippen MR) is 64.5 cm³/mol. The molecule has 1 aliphatic heterocycles. The second-order valence-corrected chi connectivity index (χ2v) is 5.23. The summed E-state index contributed by atoms with van der Waals surface area (Å²) in [6, 6.07) is 7.80. The van der Waals surface area contributed by atoms with Crippen molar-refractivity contribution in [3.8, 4) is 0 Å². The summed E-state index contributed by atoms with van der Waals surface area (Å²) >= 11 is 0. The molecule has 4 nitrogen and oxygen atoms in total. The van der Waals surface area contributed by atoms with Gasteiger partial charge < -0.3 is 4.98 Å². The third-order valence-electron chi connectivity index (χ3n) is 2.46. The Morgan fingerprint density at radius 1 is 1.33 bits per heavy atom. The number of H-pyrrole nitrogens is 1. The van der Waals surface area contributed by atoms with E-state index in [2.05, 4.69) is 10.3 Å². The molecule has 2 N–H and O–H groups in total. The lowest BCUT2D eigenvalue weighted by molar-refractivity contribution is 1.02. The van der Waals surface area contributed by atoms with E-state index >= 15 is 0 Å². The molecule has 0 aliphatic carbocycles. The average Bonchev–Trinajstić information content (AvgIpc) is 2.82. The first-order valence-electron chi connectivity index (χ1n) is 4.83. The standard InChI is InChI=1S/C10H11N3OS/c14-10-12-8-3-1-2-4-9(8)13(10)15-6-5-11-7-15/h1-4,7,11H,5-6H2,(H,12,14). The smallest absolute Gasteiger partial charge is 0.305 e. The van der Waals surface area contributed by atoms with Gasteiger partial charge in [0.2, 0.25) is 0 Å². The van der Waals surface area contributed by atoms with Crippen LogP contribution in [0.1, 0.15) is 0 Å². The third kappa shape index (κ3) is 1.35. The Balaban J connectivity index is 2.33. The summed E-state index contributed by atoms with van der Waals surface area (Å²) in [5, 5.41) is 3.17. The molecule has 2 aromatic rings. The Morgan fingerprint density at radius 2 is 2.20 bits per heavy atom. The van der Waals surface area contributed by atoms with Crippen molar-refractivity contribution in [3.05, 3.63) is 34.7 Å². The molecule has 2 heterocycles. The Hall–Kier alpha value is -1.33. The highest BCUT2D eigenvalue weighted by Gasteiger charge is 2.11. The van der Waals surface area contributed by atoms with Crippen LogP contribution in [0, 0.1) is 0 Å². The quantitative estimate of drug-likeness (QED) is 0.697. The largest absolute Gasteiger partial charge is 0.336 e. The first-order chi connectivity index (χ1) is 7.36. The number of hydrogen-bond acceptors (Lipinski definition) is 2. The van der Waals surface area contributed by atoms with Crippen molar-refractivity contribution in [1.29, 1.82) is 0 Å². The molecule has 1 aromatic carbocycles.